The van der Waals surface area contributed by atoms with E-state index in [-0.39, 0.29) is 17.1 Å². The molecule has 6 heteroatoms. The Balaban J connectivity index is 2.64. The summed E-state index contributed by atoms with van der Waals surface area (Å²) in [7, 11) is 0. The number of carbonyl (C=O) groups is 1. The Hall–Kier alpha value is -0.710. The van der Waals surface area contributed by atoms with E-state index in [1.165, 1.54) is 6.07 Å². The largest absolute Gasteiger partial charge is 0.347 e. The summed E-state index contributed by atoms with van der Waals surface area (Å²) >= 11 is 11.5. The monoisotopic (exact) mass is 277 g/mol. The zero-order valence-corrected chi connectivity index (χ0v) is 11.4. The highest BCUT2D eigenvalue weighted by molar-refractivity contribution is 6.41. The fourth-order valence-electron chi connectivity index (χ4n) is 1.57. The standard InChI is InChI=1S/C11H17Cl2N3O/c1-6(2)3-7(5-14)15-11(17)9-4-8(12)10(13)16-9/h4,6-7,16H,3,5,14H2,1-2H3,(H,15,17). The number of halogens is 2. The van der Waals surface area contributed by atoms with Crippen LogP contribution in [0.15, 0.2) is 6.07 Å². The molecule has 0 saturated heterocycles. The number of aromatic amines is 1. The van der Waals surface area contributed by atoms with Crippen molar-refractivity contribution in [1.82, 2.24) is 10.3 Å². The molecule has 0 aliphatic rings. The molecule has 1 amide bonds. The van der Waals surface area contributed by atoms with Crippen LogP contribution in [0.4, 0.5) is 0 Å². The van der Waals surface area contributed by atoms with Gasteiger partial charge in [0.2, 0.25) is 0 Å². The average molecular weight is 278 g/mol. The van der Waals surface area contributed by atoms with Gasteiger partial charge in [0.1, 0.15) is 10.8 Å². The highest BCUT2D eigenvalue weighted by Gasteiger charge is 2.16. The number of amides is 1. The fraction of sp³-hybridized carbons (Fsp3) is 0.545. The third-order valence-electron chi connectivity index (χ3n) is 2.35. The predicted molar refractivity (Wildman–Crippen MR) is 70.6 cm³/mol. The Morgan fingerprint density at radius 2 is 2.18 bits per heavy atom. The number of hydrogen-bond acceptors (Lipinski definition) is 2. The van der Waals surface area contributed by atoms with Crippen molar-refractivity contribution in [2.45, 2.75) is 26.3 Å². The molecule has 17 heavy (non-hydrogen) atoms. The van der Waals surface area contributed by atoms with Crippen LogP contribution in [0.3, 0.4) is 0 Å². The summed E-state index contributed by atoms with van der Waals surface area (Å²) in [5, 5.41) is 3.45. The van der Waals surface area contributed by atoms with Gasteiger partial charge in [0, 0.05) is 12.6 Å². The van der Waals surface area contributed by atoms with Gasteiger partial charge in [-0.15, -0.1) is 0 Å². The molecule has 0 radical (unpaired) electrons. The lowest BCUT2D eigenvalue weighted by molar-refractivity contribution is 0.0929. The number of nitrogens with one attached hydrogen (secondary N) is 2. The highest BCUT2D eigenvalue weighted by atomic mass is 35.5. The molecule has 96 valence electrons. The zero-order chi connectivity index (χ0) is 13.0. The number of aromatic nitrogens is 1. The molecular formula is C11H17Cl2N3O. The highest BCUT2D eigenvalue weighted by Crippen LogP contribution is 2.21. The average Bonchev–Trinajstić information content (AvgIpc) is 2.57. The molecule has 0 aliphatic heterocycles. The van der Waals surface area contributed by atoms with Crippen molar-refractivity contribution in [2.24, 2.45) is 11.7 Å². The Morgan fingerprint density at radius 3 is 2.59 bits per heavy atom. The van der Waals surface area contributed by atoms with Crippen LogP contribution in [0.1, 0.15) is 30.8 Å². The molecule has 0 spiro atoms. The molecule has 0 bridgehead atoms. The third-order valence-corrected chi connectivity index (χ3v) is 3.04. The number of rotatable bonds is 5. The van der Waals surface area contributed by atoms with Gasteiger partial charge in [-0.3, -0.25) is 4.79 Å². The van der Waals surface area contributed by atoms with Gasteiger partial charge in [0.25, 0.3) is 5.91 Å². The van der Waals surface area contributed by atoms with E-state index in [0.29, 0.717) is 23.2 Å². The molecule has 1 aromatic rings. The fourth-order valence-corrected chi connectivity index (χ4v) is 1.89. The smallest absolute Gasteiger partial charge is 0.268 e. The first-order valence-electron chi connectivity index (χ1n) is 5.49. The number of hydrogen-bond donors (Lipinski definition) is 3. The minimum absolute atomic E-state index is 0.0386. The van der Waals surface area contributed by atoms with Crippen molar-refractivity contribution in [3.05, 3.63) is 21.9 Å². The first kappa shape index (κ1) is 14.4. The van der Waals surface area contributed by atoms with Gasteiger partial charge in [-0.05, 0) is 18.4 Å². The van der Waals surface area contributed by atoms with E-state index in [9.17, 15) is 4.79 Å². The molecule has 0 fully saturated rings. The summed E-state index contributed by atoms with van der Waals surface area (Å²) in [5.41, 5.74) is 5.95. The lowest BCUT2D eigenvalue weighted by Gasteiger charge is -2.18. The van der Waals surface area contributed by atoms with Crippen molar-refractivity contribution < 1.29 is 4.79 Å². The number of carbonyl (C=O) groups excluding carboxylic acids is 1. The van der Waals surface area contributed by atoms with E-state index < -0.39 is 0 Å². The molecule has 1 aromatic heterocycles. The van der Waals surface area contributed by atoms with Gasteiger partial charge < -0.3 is 16.0 Å². The minimum Gasteiger partial charge on any atom is -0.347 e. The van der Waals surface area contributed by atoms with Crippen molar-refractivity contribution >= 4 is 29.1 Å². The van der Waals surface area contributed by atoms with Crippen LogP contribution in [0, 0.1) is 5.92 Å². The van der Waals surface area contributed by atoms with E-state index in [1.807, 2.05) is 0 Å². The van der Waals surface area contributed by atoms with Crippen LogP contribution in [-0.2, 0) is 0 Å². The molecule has 0 saturated carbocycles. The molecule has 0 aromatic carbocycles. The van der Waals surface area contributed by atoms with Crippen molar-refractivity contribution in [3.8, 4) is 0 Å². The second kappa shape index (κ2) is 6.28. The first-order valence-corrected chi connectivity index (χ1v) is 6.24. The molecule has 1 rings (SSSR count). The van der Waals surface area contributed by atoms with Crippen LogP contribution in [-0.4, -0.2) is 23.5 Å². The number of H-pyrrole nitrogens is 1. The lowest BCUT2D eigenvalue weighted by atomic mass is 10.0. The van der Waals surface area contributed by atoms with Gasteiger partial charge in [0.05, 0.1) is 5.02 Å². The predicted octanol–water partition coefficient (Wildman–Crippen LogP) is 2.42. The molecular weight excluding hydrogens is 261 g/mol. The maximum atomic E-state index is 11.8. The zero-order valence-electron chi connectivity index (χ0n) is 9.89. The van der Waals surface area contributed by atoms with Crippen molar-refractivity contribution in [2.75, 3.05) is 6.54 Å². The normalized spacial score (nSPS) is 12.8. The topological polar surface area (TPSA) is 70.9 Å². The quantitative estimate of drug-likeness (QED) is 0.774. The maximum absolute atomic E-state index is 11.8. The summed E-state index contributed by atoms with van der Waals surface area (Å²) in [6, 6.07) is 1.46. The van der Waals surface area contributed by atoms with Gasteiger partial charge >= 0.3 is 0 Å². The Morgan fingerprint density at radius 1 is 1.53 bits per heavy atom. The van der Waals surface area contributed by atoms with E-state index >= 15 is 0 Å². The van der Waals surface area contributed by atoms with E-state index in [4.69, 9.17) is 28.9 Å². The Bertz CT molecular complexity index is 371. The van der Waals surface area contributed by atoms with E-state index in [2.05, 4.69) is 24.1 Å². The summed E-state index contributed by atoms with van der Waals surface area (Å²) < 4.78 is 0. The summed E-state index contributed by atoms with van der Waals surface area (Å²) in [6.07, 6.45) is 0.838. The van der Waals surface area contributed by atoms with Crippen LogP contribution < -0.4 is 11.1 Å². The van der Waals surface area contributed by atoms with Crippen LogP contribution in [0.2, 0.25) is 10.2 Å². The molecule has 4 nitrogen and oxygen atoms in total. The van der Waals surface area contributed by atoms with E-state index in [1.54, 1.807) is 0 Å². The minimum atomic E-state index is -0.241. The van der Waals surface area contributed by atoms with Crippen LogP contribution >= 0.6 is 23.2 Å². The molecule has 4 N–H and O–H groups in total. The molecule has 1 unspecified atom stereocenters. The van der Waals surface area contributed by atoms with Crippen molar-refractivity contribution in [1.29, 1.82) is 0 Å². The lowest BCUT2D eigenvalue weighted by Crippen LogP contribution is -2.41. The second-order valence-electron chi connectivity index (χ2n) is 4.38. The maximum Gasteiger partial charge on any atom is 0.268 e. The number of nitrogens with two attached hydrogens (primary N) is 1. The second-order valence-corrected chi connectivity index (χ2v) is 5.17. The summed E-state index contributed by atoms with van der Waals surface area (Å²) in [6.45, 7) is 4.57. The van der Waals surface area contributed by atoms with Gasteiger partial charge in [-0.2, -0.15) is 0 Å². The Kier molecular flexibility index (Phi) is 5.31. The molecule has 1 heterocycles. The van der Waals surface area contributed by atoms with E-state index in [0.717, 1.165) is 6.42 Å². The van der Waals surface area contributed by atoms with Gasteiger partial charge in [-0.1, -0.05) is 37.0 Å². The summed E-state index contributed by atoms with van der Waals surface area (Å²) in [5.74, 6) is 0.231. The molecule has 1 atom stereocenters. The van der Waals surface area contributed by atoms with Gasteiger partial charge in [-0.25, -0.2) is 0 Å². The molecule has 0 aliphatic carbocycles. The summed E-state index contributed by atoms with van der Waals surface area (Å²) in [4.78, 5) is 14.6. The SMILES string of the molecule is CC(C)CC(CN)NC(=O)c1cc(Cl)c(Cl)[nH]1. The van der Waals surface area contributed by atoms with Crippen LogP contribution in [0.25, 0.3) is 0 Å². The van der Waals surface area contributed by atoms with Crippen molar-refractivity contribution in [3.63, 3.8) is 0 Å². The van der Waals surface area contributed by atoms with Gasteiger partial charge in [0.15, 0.2) is 0 Å². The first-order chi connectivity index (χ1) is 7.93. The van der Waals surface area contributed by atoms with Crippen LogP contribution in [0.5, 0.6) is 0 Å². The Labute approximate surface area is 111 Å². The third kappa shape index (κ3) is 4.22.